The molecule has 2 aromatic rings. The highest BCUT2D eigenvalue weighted by Crippen LogP contribution is 2.13. The van der Waals surface area contributed by atoms with Crippen molar-refractivity contribution in [3.05, 3.63) is 47.4 Å². The summed E-state index contributed by atoms with van der Waals surface area (Å²) >= 11 is 0. The lowest BCUT2D eigenvalue weighted by molar-refractivity contribution is 0.397. The van der Waals surface area contributed by atoms with E-state index in [1.54, 1.807) is 20.4 Å². The average molecular weight is 273 g/mol. The molecule has 0 fully saturated rings. The van der Waals surface area contributed by atoms with Gasteiger partial charge in [-0.1, -0.05) is 6.07 Å². The molecule has 0 unspecified atom stereocenters. The van der Waals surface area contributed by atoms with Crippen molar-refractivity contribution >= 4 is 0 Å². The molecule has 0 saturated heterocycles. The number of hydrogen-bond acceptors (Lipinski definition) is 5. The summed E-state index contributed by atoms with van der Waals surface area (Å²) in [4.78, 5) is 8.63. The lowest BCUT2D eigenvalue weighted by Gasteiger charge is -2.08. The molecule has 2 rings (SSSR count). The van der Waals surface area contributed by atoms with Crippen LogP contribution < -0.4 is 14.8 Å². The molecule has 0 aliphatic rings. The Labute approximate surface area is 119 Å². The molecule has 5 nitrogen and oxygen atoms in total. The Morgan fingerprint density at radius 1 is 1.10 bits per heavy atom. The van der Waals surface area contributed by atoms with E-state index in [0.717, 1.165) is 29.2 Å². The molecule has 0 saturated carbocycles. The predicted octanol–water partition coefficient (Wildman–Crippen LogP) is 2.09. The van der Waals surface area contributed by atoms with E-state index in [-0.39, 0.29) is 0 Å². The minimum Gasteiger partial charge on any atom is -0.497 e. The van der Waals surface area contributed by atoms with Crippen molar-refractivity contribution in [1.29, 1.82) is 0 Å². The van der Waals surface area contributed by atoms with Crippen molar-refractivity contribution in [2.45, 2.75) is 20.0 Å². The Bertz CT molecular complexity index is 556. The van der Waals surface area contributed by atoms with Crippen molar-refractivity contribution in [1.82, 2.24) is 15.3 Å². The minimum atomic E-state index is 0.624. The molecule has 2 heterocycles. The van der Waals surface area contributed by atoms with Crippen molar-refractivity contribution in [3.8, 4) is 11.6 Å². The SMILES string of the molecule is COc1cc(C)nc(CNCc2ccc(OC)nc2)c1. The number of ether oxygens (including phenoxy) is 2. The van der Waals surface area contributed by atoms with Crippen molar-refractivity contribution < 1.29 is 9.47 Å². The Kier molecular flexibility index (Phi) is 4.90. The van der Waals surface area contributed by atoms with Gasteiger partial charge in [-0.25, -0.2) is 4.98 Å². The lowest BCUT2D eigenvalue weighted by Crippen LogP contribution is -2.14. The maximum Gasteiger partial charge on any atom is 0.212 e. The molecule has 1 N–H and O–H groups in total. The van der Waals surface area contributed by atoms with Gasteiger partial charge in [0.15, 0.2) is 0 Å². The van der Waals surface area contributed by atoms with E-state index >= 15 is 0 Å². The van der Waals surface area contributed by atoms with Gasteiger partial charge in [0.25, 0.3) is 0 Å². The molecule has 106 valence electrons. The molecule has 0 atom stereocenters. The highest BCUT2D eigenvalue weighted by molar-refractivity contribution is 5.26. The van der Waals surface area contributed by atoms with Crippen molar-refractivity contribution in [2.24, 2.45) is 0 Å². The van der Waals surface area contributed by atoms with Crippen LogP contribution in [0.2, 0.25) is 0 Å². The largest absolute Gasteiger partial charge is 0.497 e. The molecule has 0 aliphatic heterocycles. The quantitative estimate of drug-likeness (QED) is 0.873. The van der Waals surface area contributed by atoms with E-state index in [1.807, 2.05) is 31.2 Å². The maximum absolute atomic E-state index is 5.23. The fourth-order valence-corrected chi connectivity index (χ4v) is 1.88. The molecule has 5 heteroatoms. The third-order valence-corrected chi connectivity index (χ3v) is 2.86. The van der Waals surface area contributed by atoms with E-state index in [2.05, 4.69) is 15.3 Å². The number of pyridine rings is 2. The van der Waals surface area contributed by atoms with Crippen LogP contribution in [0.5, 0.6) is 11.6 Å². The van der Waals surface area contributed by atoms with E-state index in [1.165, 1.54) is 0 Å². The van der Waals surface area contributed by atoms with Crippen LogP contribution in [0, 0.1) is 6.92 Å². The topological polar surface area (TPSA) is 56.3 Å². The first-order valence-corrected chi connectivity index (χ1v) is 6.42. The smallest absolute Gasteiger partial charge is 0.212 e. The van der Waals surface area contributed by atoms with Gasteiger partial charge in [-0.2, -0.15) is 0 Å². The summed E-state index contributed by atoms with van der Waals surface area (Å²) < 4.78 is 10.3. The molecule has 0 aliphatic carbocycles. The number of methoxy groups -OCH3 is 2. The van der Waals surface area contributed by atoms with Crippen molar-refractivity contribution in [3.63, 3.8) is 0 Å². The van der Waals surface area contributed by atoms with Crippen LogP contribution in [-0.4, -0.2) is 24.2 Å². The lowest BCUT2D eigenvalue weighted by atomic mass is 10.2. The maximum atomic E-state index is 5.23. The highest BCUT2D eigenvalue weighted by Gasteiger charge is 2.01. The number of aromatic nitrogens is 2. The predicted molar refractivity (Wildman–Crippen MR) is 76.9 cm³/mol. The highest BCUT2D eigenvalue weighted by atomic mass is 16.5. The molecule has 0 aromatic carbocycles. The van der Waals surface area contributed by atoms with E-state index in [0.29, 0.717) is 12.4 Å². The number of rotatable bonds is 6. The van der Waals surface area contributed by atoms with Gasteiger partial charge in [0, 0.05) is 43.2 Å². The second-order valence-electron chi connectivity index (χ2n) is 4.45. The van der Waals surface area contributed by atoms with E-state index in [4.69, 9.17) is 9.47 Å². The van der Waals surface area contributed by atoms with Crippen LogP contribution in [-0.2, 0) is 13.1 Å². The van der Waals surface area contributed by atoms with E-state index < -0.39 is 0 Å². The van der Waals surface area contributed by atoms with Crippen LogP contribution in [0.4, 0.5) is 0 Å². The number of hydrogen-bond donors (Lipinski definition) is 1. The second-order valence-corrected chi connectivity index (χ2v) is 4.45. The average Bonchev–Trinajstić information content (AvgIpc) is 2.47. The Morgan fingerprint density at radius 2 is 1.95 bits per heavy atom. The summed E-state index contributed by atoms with van der Waals surface area (Å²) in [7, 11) is 3.27. The van der Waals surface area contributed by atoms with Gasteiger partial charge < -0.3 is 14.8 Å². The molecule has 0 amide bonds. The Balaban J connectivity index is 1.90. The number of nitrogens with zero attached hydrogens (tertiary/aromatic N) is 2. The molecular weight excluding hydrogens is 254 g/mol. The molecule has 20 heavy (non-hydrogen) atoms. The summed E-state index contributed by atoms with van der Waals surface area (Å²) in [6.45, 7) is 3.37. The van der Waals surface area contributed by atoms with Gasteiger partial charge in [-0.15, -0.1) is 0 Å². The first kappa shape index (κ1) is 14.3. The van der Waals surface area contributed by atoms with Gasteiger partial charge in [0.1, 0.15) is 5.75 Å². The molecule has 0 radical (unpaired) electrons. The van der Waals surface area contributed by atoms with Gasteiger partial charge in [-0.05, 0) is 12.5 Å². The van der Waals surface area contributed by atoms with Gasteiger partial charge in [-0.3, -0.25) is 4.98 Å². The van der Waals surface area contributed by atoms with Crippen LogP contribution in [0.25, 0.3) is 0 Å². The van der Waals surface area contributed by atoms with Crippen LogP contribution in [0.3, 0.4) is 0 Å². The van der Waals surface area contributed by atoms with Crippen LogP contribution >= 0.6 is 0 Å². The van der Waals surface area contributed by atoms with E-state index in [9.17, 15) is 0 Å². The molecule has 2 aromatic heterocycles. The van der Waals surface area contributed by atoms with Gasteiger partial charge in [0.2, 0.25) is 5.88 Å². The van der Waals surface area contributed by atoms with Gasteiger partial charge >= 0.3 is 0 Å². The molecular formula is C15H19N3O2. The summed E-state index contributed by atoms with van der Waals surface area (Å²) in [5, 5.41) is 3.34. The monoisotopic (exact) mass is 273 g/mol. The molecule has 0 spiro atoms. The zero-order valence-electron chi connectivity index (χ0n) is 12.0. The Morgan fingerprint density at radius 3 is 2.60 bits per heavy atom. The zero-order chi connectivity index (χ0) is 14.4. The summed E-state index contributed by atoms with van der Waals surface area (Å²) in [5.74, 6) is 1.46. The summed E-state index contributed by atoms with van der Waals surface area (Å²) in [5.41, 5.74) is 3.01. The standard InChI is InChI=1S/C15H19N3O2/c1-11-6-14(19-2)7-13(18-11)10-16-8-12-4-5-15(20-3)17-9-12/h4-7,9,16H,8,10H2,1-3H3. The normalized spacial score (nSPS) is 10.3. The fraction of sp³-hybridized carbons (Fsp3) is 0.333. The number of aryl methyl sites for hydroxylation is 1. The third-order valence-electron chi connectivity index (χ3n) is 2.86. The third kappa shape index (κ3) is 3.93. The minimum absolute atomic E-state index is 0.624. The van der Waals surface area contributed by atoms with Gasteiger partial charge in [0.05, 0.1) is 19.9 Å². The summed E-state index contributed by atoms with van der Waals surface area (Å²) in [6, 6.07) is 7.69. The number of nitrogens with one attached hydrogen (secondary N) is 1. The van der Waals surface area contributed by atoms with Crippen molar-refractivity contribution in [2.75, 3.05) is 14.2 Å². The first-order valence-electron chi connectivity index (χ1n) is 6.42. The summed E-state index contributed by atoms with van der Waals surface area (Å²) in [6.07, 6.45) is 1.80. The second kappa shape index (κ2) is 6.86. The Hall–Kier alpha value is -2.14. The van der Waals surface area contributed by atoms with Crippen LogP contribution in [0.1, 0.15) is 17.0 Å². The zero-order valence-corrected chi connectivity index (χ0v) is 12.0. The molecule has 0 bridgehead atoms. The fourth-order valence-electron chi connectivity index (χ4n) is 1.88. The van der Waals surface area contributed by atoms with Crippen LogP contribution in [0.15, 0.2) is 30.5 Å². The first-order chi connectivity index (χ1) is 9.71.